The second-order valence-corrected chi connectivity index (χ2v) is 5.11. The molecule has 1 fully saturated rings. The molecule has 1 N–H and O–H groups in total. The summed E-state index contributed by atoms with van der Waals surface area (Å²) in [7, 11) is 0. The van der Waals surface area contributed by atoms with Crippen molar-refractivity contribution < 1.29 is 5.11 Å². The second-order valence-electron chi connectivity index (χ2n) is 3.95. The SMILES string of the molecule is C[C](CO)c1ccc(I)c(C2CC2)c1. The van der Waals surface area contributed by atoms with Crippen molar-refractivity contribution in [3.05, 3.63) is 38.8 Å². The standard InChI is InChI=1S/C12H14IO/c1-8(7-14)10-4-5-12(13)11(6-10)9-2-3-9/h4-6,9,14H,2-3,7H2,1H3. The van der Waals surface area contributed by atoms with Gasteiger partial charge >= 0.3 is 0 Å². The van der Waals surface area contributed by atoms with Crippen LogP contribution in [0.2, 0.25) is 0 Å². The van der Waals surface area contributed by atoms with Gasteiger partial charge in [-0.25, -0.2) is 0 Å². The van der Waals surface area contributed by atoms with E-state index in [0.717, 1.165) is 11.8 Å². The highest BCUT2D eigenvalue weighted by Gasteiger charge is 2.26. The summed E-state index contributed by atoms with van der Waals surface area (Å²) in [6.07, 6.45) is 2.66. The Morgan fingerprint density at radius 3 is 2.79 bits per heavy atom. The van der Waals surface area contributed by atoms with Crippen LogP contribution in [-0.4, -0.2) is 11.7 Å². The predicted molar refractivity (Wildman–Crippen MR) is 66.2 cm³/mol. The first kappa shape index (κ1) is 10.4. The molecule has 0 aromatic heterocycles. The van der Waals surface area contributed by atoms with Gasteiger partial charge in [0.2, 0.25) is 0 Å². The number of hydrogen-bond donors (Lipinski definition) is 1. The van der Waals surface area contributed by atoms with Crippen molar-refractivity contribution >= 4 is 22.6 Å². The van der Waals surface area contributed by atoms with Crippen LogP contribution in [0.5, 0.6) is 0 Å². The van der Waals surface area contributed by atoms with Gasteiger partial charge < -0.3 is 5.11 Å². The second kappa shape index (κ2) is 4.19. The van der Waals surface area contributed by atoms with E-state index in [1.165, 1.54) is 27.5 Å². The maximum atomic E-state index is 9.06. The van der Waals surface area contributed by atoms with Crippen molar-refractivity contribution in [1.82, 2.24) is 0 Å². The Labute approximate surface area is 98.7 Å². The largest absolute Gasteiger partial charge is 0.395 e. The fraction of sp³-hybridized carbons (Fsp3) is 0.417. The van der Waals surface area contributed by atoms with E-state index in [1.807, 2.05) is 6.92 Å². The molecule has 14 heavy (non-hydrogen) atoms. The van der Waals surface area contributed by atoms with Gasteiger partial charge in [-0.15, -0.1) is 0 Å². The van der Waals surface area contributed by atoms with Crippen molar-refractivity contribution in [1.29, 1.82) is 0 Å². The van der Waals surface area contributed by atoms with Crippen LogP contribution in [0.25, 0.3) is 0 Å². The van der Waals surface area contributed by atoms with Crippen molar-refractivity contribution in [2.24, 2.45) is 0 Å². The Balaban J connectivity index is 2.30. The van der Waals surface area contributed by atoms with Crippen molar-refractivity contribution in [3.8, 4) is 0 Å². The topological polar surface area (TPSA) is 20.2 Å². The summed E-state index contributed by atoms with van der Waals surface area (Å²) < 4.78 is 1.36. The number of hydrogen-bond acceptors (Lipinski definition) is 1. The third kappa shape index (κ3) is 2.11. The van der Waals surface area contributed by atoms with E-state index in [-0.39, 0.29) is 6.61 Å². The molecule has 0 bridgehead atoms. The molecule has 0 amide bonds. The van der Waals surface area contributed by atoms with Crippen LogP contribution in [0.15, 0.2) is 18.2 Å². The summed E-state index contributed by atoms with van der Waals surface area (Å²) in [4.78, 5) is 0. The first-order valence-corrected chi connectivity index (χ1v) is 6.03. The molecule has 0 unspecified atom stereocenters. The number of rotatable bonds is 3. The normalized spacial score (nSPS) is 16.3. The third-order valence-corrected chi connectivity index (χ3v) is 3.73. The minimum Gasteiger partial charge on any atom is -0.395 e. The molecular formula is C12H14IO. The molecule has 1 saturated carbocycles. The molecule has 1 aromatic rings. The third-order valence-electron chi connectivity index (χ3n) is 2.74. The molecule has 75 valence electrons. The van der Waals surface area contributed by atoms with E-state index in [0.29, 0.717) is 0 Å². The van der Waals surface area contributed by atoms with Gasteiger partial charge in [-0.2, -0.15) is 0 Å². The lowest BCUT2D eigenvalue weighted by atomic mass is 9.98. The maximum absolute atomic E-state index is 9.06. The molecule has 0 atom stereocenters. The highest BCUT2D eigenvalue weighted by Crippen LogP contribution is 2.42. The van der Waals surface area contributed by atoms with Crippen molar-refractivity contribution in [2.75, 3.05) is 6.61 Å². The summed E-state index contributed by atoms with van der Waals surface area (Å²) in [5, 5.41) is 9.06. The first-order valence-electron chi connectivity index (χ1n) is 4.95. The summed E-state index contributed by atoms with van der Waals surface area (Å²) in [5.74, 6) is 1.84. The Hall–Kier alpha value is -0.0900. The molecule has 1 nitrogen and oxygen atoms in total. The van der Waals surface area contributed by atoms with Crippen LogP contribution in [0, 0.1) is 9.49 Å². The van der Waals surface area contributed by atoms with Gasteiger partial charge in [0.05, 0.1) is 6.61 Å². The van der Waals surface area contributed by atoms with Gasteiger partial charge in [0.25, 0.3) is 0 Å². The van der Waals surface area contributed by atoms with Crippen LogP contribution in [0.3, 0.4) is 0 Å². The number of halogens is 1. The quantitative estimate of drug-likeness (QED) is 0.851. The molecule has 2 heteroatoms. The lowest BCUT2D eigenvalue weighted by Gasteiger charge is -2.10. The highest BCUT2D eigenvalue weighted by atomic mass is 127. The Kier molecular flexibility index (Phi) is 3.12. The Morgan fingerprint density at radius 2 is 2.21 bits per heavy atom. The van der Waals surface area contributed by atoms with Gasteiger partial charge in [0, 0.05) is 9.49 Å². The average Bonchev–Trinajstić information content (AvgIpc) is 3.01. The van der Waals surface area contributed by atoms with Gasteiger partial charge in [0.15, 0.2) is 0 Å². The molecular weight excluding hydrogens is 287 g/mol. The number of aliphatic hydroxyl groups excluding tert-OH is 1. The first-order chi connectivity index (χ1) is 6.72. The summed E-state index contributed by atoms with van der Waals surface area (Å²) >= 11 is 2.40. The van der Waals surface area contributed by atoms with Crippen LogP contribution in [0.4, 0.5) is 0 Å². The molecule has 1 aromatic carbocycles. The number of benzene rings is 1. The monoisotopic (exact) mass is 301 g/mol. The van der Waals surface area contributed by atoms with Crippen molar-refractivity contribution in [3.63, 3.8) is 0 Å². The molecule has 2 rings (SSSR count). The fourth-order valence-corrected chi connectivity index (χ4v) is 2.38. The minimum atomic E-state index is 0.157. The van der Waals surface area contributed by atoms with E-state index in [2.05, 4.69) is 40.8 Å². The lowest BCUT2D eigenvalue weighted by Crippen LogP contribution is -2.01. The van der Waals surface area contributed by atoms with Crippen LogP contribution >= 0.6 is 22.6 Å². The zero-order chi connectivity index (χ0) is 10.1. The van der Waals surface area contributed by atoms with E-state index >= 15 is 0 Å². The van der Waals surface area contributed by atoms with Crippen LogP contribution in [-0.2, 0) is 0 Å². The molecule has 1 radical (unpaired) electrons. The molecule has 0 saturated heterocycles. The highest BCUT2D eigenvalue weighted by molar-refractivity contribution is 14.1. The van der Waals surface area contributed by atoms with Crippen molar-refractivity contribution in [2.45, 2.75) is 25.7 Å². The van der Waals surface area contributed by atoms with Gasteiger partial charge in [-0.3, -0.25) is 0 Å². The zero-order valence-corrected chi connectivity index (χ0v) is 10.4. The smallest absolute Gasteiger partial charge is 0.0534 e. The van der Waals surface area contributed by atoms with Gasteiger partial charge in [-0.05, 0) is 58.5 Å². The average molecular weight is 301 g/mol. The Bertz CT molecular complexity index is 331. The fourth-order valence-electron chi connectivity index (χ4n) is 1.61. The number of aliphatic hydroxyl groups is 1. The lowest BCUT2D eigenvalue weighted by molar-refractivity contribution is 0.315. The molecule has 1 aliphatic rings. The van der Waals surface area contributed by atoms with Gasteiger partial charge in [0.1, 0.15) is 0 Å². The van der Waals surface area contributed by atoms with E-state index < -0.39 is 0 Å². The van der Waals surface area contributed by atoms with E-state index in [9.17, 15) is 0 Å². The maximum Gasteiger partial charge on any atom is 0.0534 e. The predicted octanol–water partition coefficient (Wildman–Crippen LogP) is 3.10. The zero-order valence-electron chi connectivity index (χ0n) is 8.26. The summed E-state index contributed by atoms with van der Waals surface area (Å²) in [6, 6.07) is 6.49. The molecule has 0 heterocycles. The molecule has 0 spiro atoms. The van der Waals surface area contributed by atoms with Crippen LogP contribution in [0.1, 0.15) is 36.8 Å². The summed E-state index contributed by atoms with van der Waals surface area (Å²) in [5.41, 5.74) is 2.66. The van der Waals surface area contributed by atoms with E-state index in [1.54, 1.807) is 0 Å². The van der Waals surface area contributed by atoms with Crippen LogP contribution < -0.4 is 0 Å². The molecule has 1 aliphatic carbocycles. The van der Waals surface area contributed by atoms with Gasteiger partial charge in [-0.1, -0.05) is 19.1 Å². The summed E-state index contributed by atoms with van der Waals surface area (Å²) in [6.45, 7) is 2.14. The van der Waals surface area contributed by atoms with E-state index in [4.69, 9.17) is 5.11 Å². The molecule has 0 aliphatic heterocycles. The minimum absolute atomic E-state index is 0.157. The Morgan fingerprint density at radius 1 is 1.50 bits per heavy atom.